The van der Waals surface area contributed by atoms with E-state index >= 15 is 0 Å². The summed E-state index contributed by atoms with van der Waals surface area (Å²) >= 11 is 1.81. The lowest BCUT2D eigenvalue weighted by molar-refractivity contribution is 0.861. The van der Waals surface area contributed by atoms with Crippen LogP contribution in [0.25, 0.3) is 0 Å². The number of nitrogens with zero attached hydrogens (tertiary/aromatic N) is 1. The predicted molar refractivity (Wildman–Crippen MR) is 79.0 cm³/mol. The molecule has 0 saturated heterocycles. The highest BCUT2D eigenvalue weighted by Crippen LogP contribution is 2.34. The second-order valence-corrected chi connectivity index (χ2v) is 6.11. The van der Waals surface area contributed by atoms with Gasteiger partial charge in [-0.1, -0.05) is 55.9 Å². The first kappa shape index (κ1) is 13.2. The molecule has 1 aromatic heterocycles. The van der Waals surface area contributed by atoms with Crippen molar-refractivity contribution >= 4 is 11.8 Å². The molecule has 0 bridgehead atoms. The van der Waals surface area contributed by atoms with Gasteiger partial charge in [0.25, 0.3) is 0 Å². The summed E-state index contributed by atoms with van der Waals surface area (Å²) in [6.07, 6.45) is 1.85. The van der Waals surface area contributed by atoms with E-state index in [1.807, 2.05) is 18.3 Å². The van der Waals surface area contributed by atoms with E-state index in [0.29, 0.717) is 11.2 Å². The van der Waals surface area contributed by atoms with Crippen molar-refractivity contribution in [3.63, 3.8) is 0 Å². The van der Waals surface area contributed by atoms with Crippen molar-refractivity contribution in [1.82, 2.24) is 4.98 Å². The van der Waals surface area contributed by atoms with Crippen LogP contribution in [-0.2, 0) is 0 Å². The lowest BCUT2D eigenvalue weighted by Gasteiger charge is -2.13. The maximum absolute atomic E-state index is 4.36. The van der Waals surface area contributed by atoms with Crippen LogP contribution in [0.4, 0.5) is 0 Å². The molecule has 0 spiro atoms. The van der Waals surface area contributed by atoms with Crippen LogP contribution in [-0.4, -0.2) is 4.98 Å². The van der Waals surface area contributed by atoms with Crippen molar-refractivity contribution in [3.8, 4) is 0 Å². The van der Waals surface area contributed by atoms with Gasteiger partial charge < -0.3 is 0 Å². The average Bonchev–Trinajstić information content (AvgIpc) is 2.40. The second kappa shape index (κ2) is 6.05. The predicted octanol–water partition coefficient (Wildman–Crippen LogP) is 5.06. The van der Waals surface area contributed by atoms with Gasteiger partial charge in [0.05, 0.1) is 5.03 Å². The number of hydrogen-bond donors (Lipinski definition) is 0. The van der Waals surface area contributed by atoms with Gasteiger partial charge in [-0.3, -0.25) is 0 Å². The summed E-state index contributed by atoms with van der Waals surface area (Å²) in [5.74, 6) is 0.581. The number of pyridine rings is 1. The molecule has 1 heterocycles. The Balaban J connectivity index is 2.14. The molecule has 1 unspecified atom stereocenters. The zero-order valence-electron chi connectivity index (χ0n) is 11.1. The number of hydrogen-bond acceptors (Lipinski definition) is 2. The van der Waals surface area contributed by atoms with Crippen molar-refractivity contribution in [3.05, 3.63) is 59.8 Å². The molecule has 94 valence electrons. The third-order valence-corrected chi connectivity index (χ3v) is 4.09. The normalized spacial score (nSPS) is 12.7. The van der Waals surface area contributed by atoms with Crippen LogP contribution >= 0.6 is 11.8 Å². The van der Waals surface area contributed by atoms with Crippen LogP contribution in [0.2, 0.25) is 0 Å². The van der Waals surface area contributed by atoms with Gasteiger partial charge >= 0.3 is 0 Å². The fourth-order valence-corrected chi connectivity index (χ4v) is 2.76. The molecule has 18 heavy (non-hydrogen) atoms. The highest BCUT2D eigenvalue weighted by molar-refractivity contribution is 7.99. The van der Waals surface area contributed by atoms with Crippen molar-refractivity contribution in [2.24, 2.45) is 0 Å². The lowest BCUT2D eigenvalue weighted by Crippen LogP contribution is -1.93. The summed E-state index contributed by atoms with van der Waals surface area (Å²) in [4.78, 5) is 4.36. The van der Waals surface area contributed by atoms with Crippen LogP contribution < -0.4 is 0 Å². The van der Waals surface area contributed by atoms with E-state index < -0.39 is 0 Å². The van der Waals surface area contributed by atoms with E-state index in [1.54, 1.807) is 11.8 Å². The Labute approximate surface area is 114 Å². The van der Waals surface area contributed by atoms with Gasteiger partial charge in [-0.05, 0) is 36.1 Å². The van der Waals surface area contributed by atoms with Gasteiger partial charge in [-0.15, -0.1) is 0 Å². The Bertz CT molecular complexity index is 493. The van der Waals surface area contributed by atoms with E-state index in [1.165, 1.54) is 11.1 Å². The van der Waals surface area contributed by atoms with E-state index in [-0.39, 0.29) is 0 Å². The Hall–Kier alpha value is -1.28. The van der Waals surface area contributed by atoms with Gasteiger partial charge in [0.1, 0.15) is 0 Å². The number of thioether (sulfide) groups is 1. The van der Waals surface area contributed by atoms with Crippen LogP contribution in [0.1, 0.15) is 43.1 Å². The van der Waals surface area contributed by atoms with Gasteiger partial charge in [-0.2, -0.15) is 0 Å². The molecule has 0 amide bonds. The molecular formula is C16H19NS. The molecule has 0 aliphatic heterocycles. The highest BCUT2D eigenvalue weighted by Gasteiger charge is 2.09. The molecule has 0 fully saturated rings. The molecular weight excluding hydrogens is 238 g/mol. The number of aromatic nitrogens is 1. The molecule has 0 aliphatic rings. The second-order valence-electron chi connectivity index (χ2n) is 4.75. The molecule has 0 N–H and O–H groups in total. The minimum Gasteiger partial charge on any atom is -0.250 e. The van der Waals surface area contributed by atoms with Crippen molar-refractivity contribution in [2.75, 3.05) is 0 Å². The first-order valence-corrected chi connectivity index (χ1v) is 7.22. The fraction of sp³-hybridized carbons (Fsp3) is 0.312. The standard InChI is InChI=1S/C16H19NS/c1-12(2)14-7-6-8-15(11-14)13(3)18-16-9-4-5-10-17-16/h4-13H,1-3H3. The molecule has 0 radical (unpaired) electrons. The zero-order chi connectivity index (χ0) is 13.0. The van der Waals surface area contributed by atoms with Crippen LogP contribution in [0.3, 0.4) is 0 Å². The van der Waals surface area contributed by atoms with Crippen LogP contribution in [0.15, 0.2) is 53.7 Å². The average molecular weight is 257 g/mol. The Kier molecular flexibility index (Phi) is 4.43. The highest BCUT2D eigenvalue weighted by atomic mass is 32.2. The quantitative estimate of drug-likeness (QED) is 0.710. The van der Waals surface area contributed by atoms with Gasteiger partial charge in [0.2, 0.25) is 0 Å². The minimum atomic E-state index is 0.429. The van der Waals surface area contributed by atoms with E-state index in [2.05, 4.69) is 56.1 Å². The Morgan fingerprint density at radius 1 is 0.944 bits per heavy atom. The zero-order valence-corrected chi connectivity index (χ0v) is 11.9. The van der Waals surface area contributed by atoms with Crippen LogP contribution in [0.5, 0.6) is 0 Å². The molecule has 1 aromatic carbocycles. The van der Waals surface area contributed by atoms with E-state index in [4.69, 9.17) is 0 Å². The monoisotopic (exact) mass is 257 g/mol. The smallest absolute Gasteiger partial charge is 0.0965 e. The van der Waals surface area contributed by atoms with Gasteiger partial charge in [0, 0.05) is 11.4 Å². The SMILES string of the molecule is CC(C)c1cccc(C(C)Sc2ccccn2)c1. The first-order valence-electron chi connectivity index (χ1n) is 6.34. The third-order valence-electron chi connectivity index (χ3n) is 2.98. The van der Waals surface area contributed by atoms with Crippen LogP contribution in [0, 0.1) is 0 Å². The topological polar surface area (TPSA) is 12.9 Å². The summed E-state index contributed by atoms with van der Waals surface area (Å²) in [6.45, 7) is 6.70. The summed E-state index contributed by atoms with van der Waals surface area (Å²) in [7, 11) is 0. The summed E-state index contributed by atoms with van der Waals surface area (Å²) in [5.41, 5.74) is 2.78. The maximum atomic E-state index is 4.36. The molecule has 2 rings (SSSR count). The summed E-state index contributed by atoms with van der Waals surface area (Å²) in [6, 6.07) is 14.9. The largest absolute Gasteiger partial charge is 0.250 e. The summed E-state index contributed by atoms with van der Waals surface area (Å²) < 4.78 is 0. The molecule has 1 nitrogen and oxygen atoms in total. The fourth-order valence-electron chi connectivity index (χ4n) is 1.84. The van der Waals surface area contributed by atoms with Crippen molar-refractivity contribution < 1.29 is 0 Å². The first-order chi connectivity index (χ1) is 8.66. The minimum absolute atomic E-state index is 0.429. The molecule has 0 aliphatic carbocycles. The van der Waals surface area contributed by atoms with Crippen molar-refractivity contribution in [2.45, 2.75) is 37.0 Å². The lowest BCUT2D eigenvalue weighted by atomic mass is 10.00. The third kappa shape index (κ3) is 3.36. The molecule has 0 saturated carbocycles. The molecule has 2 heteroatoms. The van der Waals surface area contributed by atoms with E-state index in [9.17, 15) is 0 Å². The maximum Gasteiger partial charge on any atom is 0.0965 e. The molecule has 1 atom stereocenters. The van der Waals surface area contributed by atoms with Gasteiger partial charge in [-0.25, -0.2) is 4.98 Å². The molecule has 2 aromatic rings. The Morgan fingerprint density at radius 3 is 2.39 bits per heavy atom. The van der Waals surface area contributed by atoms with Crippen molar-refractivity contribution in [1.29, 1.82) is 0 Å². The number of rotatable bonds is 4. The summed E-state index contributed by atoms with van der Waals surface area (Å²) in [5, 5.41) is 1.51. The van der Waals surface area contributed by atoms with E-state index in [0.717, 1.165) is 5.03 Å². The van der Waals surface area contributed by atoms with Gasteiger partial charge in [0.15, 0.2) is 0 Å². The number of benzene rings is 1. The Morgan fingerprint density at radius 2 is 1.72 bits per heavy atom.